The van der Waals surface area contributed by atoms with E-state index in [4.69, 9.17) is 9.72 Å². The van der Waals surface area contributed by atoms with Crippen molar-refractivity contribution in [2.75, 3.05) is 7.11 Å². The van der Waals surface area contributed by atoms with Crippen molar-refractivity contribution in [3.8, 4) is 28.4 Å². The first kappa shape index (κ1) is 25.6. The third kappa shape index (κ3) is 5.18. The molecule has 2 aromatic heterocycles. The number of ether oxygens (including phenoxy) is 1. The third-order valence-corrected chi connectivity index (χ3v) is 6.75. The number of hydrogen-bond acceptors (Lipinski definition) is 3. The molecule has 5 heteroatoms. The molecule has 0 amide bonds. The Bertz CT molecular complexity index is 1670. The zero-order valence-corrected chi connectivity index (χ0v) is 23.2. The number of H-pyrrole nitrogens is 1. The molecule has 0 spiro atoms. The van der Waals surface area contributed by atoms with Crippen molar-refractivity contribution >= 4 is 10.8 Å². The Hall–Kier alpha value is -4.01. The first-order valence-electron chi connectivity index (χ1n) is 12.4. The number of nitrogens with zero attached hydrogens (tertiary/aromatic N) is 2. The van der Waals surface area contributed by atoms with Crippen LogP contribution >= 0.6 is 0 Å². The number of aromatic amines is 1. The topological polar surface area (TPSA) is 50.8 Å². The summed E-state index contributed by atoms with van der Waals surface area (Å²) in [5.74, 6) is 1.64. The molecule has 0 radical (unpaired) electrons. The van der Waals surface area contributed by atoms with E-state index in [-0.39, 0.29) is 21.1 Å². The van der Waals surface area contributed by atoms with Crippen LogP contribution in [0.15, 0.2) is 110 Å². The first-order chi connectivity index (χ1) is 18.3. The molecule has 0 aliphatic heterocycles. The van der Waals surface area contributed by atoms with Crippen LogP contribution in [0, 0.1) is 6.07 Å². The molecule has 0 saturated heterocycles. The van der Waals surface area contributed by atoms with E-state index in [1.54, 1.807) is 7.11 Å². The zero-order valence-electron chi connectivity index (χ0n) is 20.9. The number of methoxy groups -OCH3 is 1. The molecule has 0 atom stereocenters. The van der Waals surface area contributed by atoms with Crippen LogP contribution in [0.3, 0.4) is 0 Å². The van der Waals surface area contributed by atoms with E-state index in [9.17, 15) is 0 Å². The normalized spacial score (nSPS) is 10.8. The van der Waals surface area contributed by atoms with Gasteiger partial charge in [-0.2, -0.15) is 0 Å². The molecule has 6 aromatic rings. The summed E-state index contributed by atoms with van der Waals surface area (Å²) in [4.78, 5) is 12.6. The van der Waals surface area contributed by atoms with Gasteiger partial charge in [0.05, 0.1) is 18.6 Å². The molecule has 1 N–H and O–H groups in total. The molecule has 6 rings (SSSR count). The number of rotatable bonds is 7. The van der Waals surface area contributed by atoms with Crippen LogP contribution in [0.1, 0.15) is 22.3 Å². The Morgan fingerprint density at radius 1 is 0.763 bits per heavy atom. The predicted octanol–water partition coefficient (Wildman–Crippen LogP) is 7.28. The Morgan fingerprint density at radius 3 is 2.29 bits per heavy atom. The summed E-state index contributed by atoms with van der Waals surface area (Å²) in [6.45, 7) is 0. The van der Waals surface area contributed by atoms with E-state index in [0.29, 0.717) is 0 Å². The van der Waals surface area contributed by atoms with E-state index < -0.39 is 0 Å². The Morgan fingerprint density at radius 2 is 1.50 bits per heavy atom. The average molecular weight is 676 g/mol. The van der Waals surface area contributed by atoms with Crippen LogP contribution in [-0.2, 0) is 33.9 Å². The van der Waals surface area contributed by atoms with E-state index >= 15 is 0 Å². The fourth-order valence-electron chi connectivity index (χ4n) is 4.94. The van der Waals surface area contributed by atoms with E-state index in [1.165, 1.54) is 27.5 Å². The third-order valence-electron chi connectivity index (χ3n) is 6.75. The van der Waals surface area contributed by atoms with Gasteiger partial charge in [0.2, 0.25) is 0 Å². The van der Waals surface area contributed by atoms with Gasteiger partial charge in [-0.1, -0.05) is 60.7 Å². The number of imidazole rings is 1. The molecule has 0 unspecified atom stereocenters. The minimum Gasteiger partial charge on any atom is -0.496 e. The van der Waals surface area contributed by atoms with E-state index in [0.717, 1.165) is 46.8 Å². The smallest absolute Gasteiger partial charge is 0.131 e. The number of pyridine rings is 1. The molecule has 2 heterocycles. The van der Waals surface area contributed by atoms with Crippen LogP contribution < -0.4 is 4.74 Å². The largest absolute Gasteiger partial charge is 0.496 e. The first-order valence-corrected chi connectivity index (χ1v) is 12.4. The minimum absolute atomic E-state index is 0. The standard InChI is InChI=1S/C33H26N3O.Pt/c1-37-32-26(15-9-17-30(32)31-22-35-33(36-31)23-10-3-2-4-11-23)18-24-12-5-6-13-25(24)19-28-21-34-20-27-14-7-8-16-29(27)28;/h2-10,12-17,20-22H,18-19H2,1H3,(H,35,36);/q-1;. The van der Waals surface area contributed by atoms with Gasteiger partial charge in [0.1, 0.15) is 5.75 Å². The second-order valence-electron chi connectivity index (χ2n) is 9.05. The van der Waals surface area contributed by atoms with Gasteiger partial charge in [0.15, 0.2) is 0 Å². The maximum atomic E-state index is 5.96. The van der Waals surface area contributed by atoms with E-state index in [1.807, 2.05) is 42.9 Å². The van der Waals surface area contributed by atoms with Gasteiger partial charge in [-0.15, -0.1) is 35.9 Å². The molecular weight excluding hydrogens is 649 g/mol. The maximum absolute atomic E-state index is 5.96. The summed E-state index contributed by atoms with van der Waals surface area (Å²) in [6, 6.07) is 34.4. The van der Waals surface area contributed by atoms with Gasteiger partial charge in [-0.25, -0.2) is 0 Å². The summed E-state index contributed by atoms with van der Waals surface area (Å²) < 4.78 is 5.96. The molecule has 0 aliphatic rings. The summed E-state index contributed by atoms with van der Waals surface area (Å²) >= 11 is 0. The number of aromatic nitrogens is 3. The second kappa shape index (κ2) is 11.6. The molecule has 4 nitrogen and oxygen atoms in total. The summed E-state index contributed by atoms with van der Waals surface area (Å²) in [5, 5.41) is 2.41. The van der Waals surface area contributed by atoms with Crippen LogP contribution in [0.5, 0.6) is 5.75 Å². The molecule has 190 valence electrons. The molecule has 4 aromatic carbocycles. The van der Waals surface area contributed by atoms with Crippen molar-refractivity contribution in [3.05, 3.63) is 138 Å². The fourth-order valence-corrected chi connectivity index (χ4v) is 4.94. The Labute approximate surface area is 237 Å². The molecule has 0 bridgehead atoms. The van der Waals surface area contributed by atoms with Crippen LogP contribution in [0.2, 0.25) is 0 Å². The SMILES string of the molecule is COc1c(Cc2ccccc2Cc2cncc3ccccc23)cccc1-c1c[nH]c(-c2[c-]cccc2)n1.[Pt]. The zero-order chi connectivity index (χ0) is 25.0. The monoisotopic (exact) mass is 675 g/mol. The van der Waals surface area contributed by atoms with Crippen molar-refractivity contribution in [1.29, 1.82) is 0 Å². The van der Waals surface area contributed by atoms with Crippen molar-refractivity contribution in [1.82, 2.24) is 15.0 Å². The summed E-state index contributed by atoms with van der Waals surface area (Å²) in [6.07, 6.45) is 7.42. The van der Waals surface area contributed by atoms with Gasteiger partial charge in [0, 0.05) is 57.0 Å². The number of nitrogens with one attached hydrogen (secondary N) is 1. The number of fused-ring (bicyclic) bond motifs is 1. The summed E-state index contributed by atoms with van der Waals surface area (Å²) in [7, 11) is 1.73. The molecule has 38 heavy (non-hydrogen) atoms. The molecule has 0 fully saturated rings. The summed E-state index contributed by atoms with van der Waals surface area (Å²) in [5.41, 5.74) is 7.66. The Kier molecular flexibility index (Phi) is 7.81. The van der Waals surface area contributed by atoms with E-state index in [2.05, 4.69) is 82.8 Å². The Balaban J connectivity index is 0.00000294. The molecule has 0 aliphatic carbocycles. The van der Waals surface area contributed by atoms with Gasteiger partial charge in [0.25, 0.3) is 0 Å². The van der Waals surface area contributed by atoms with Gasteiger partial charge in [-0.05, 0) is 40.1 Å². The number of hydrogen-bond donors (Lipinski definition) is 1. The predicted molar refractivity (Wildman–Crippen MR) is 149 cm³/mol. The van der Waals surface area contributed by atoms with Gasteiger partial charge >= 0.3 is 0 Å². The quantitative estimate of drug-likeness (QED) is 0.181. The second-order valence-corrected chi connectivity index (χ2v) is 9.05. The van der Waals surface area contributed by atoms with Crippen molar-refractivity contribution in [2.45, 2.75) is 12.8 Å². The van der Waals surface area contributed by atoms with Gasteiger partial charge < -0.3 is 9.72 Å². The fraction of sp³-hybridized carbons (Fsp3) is 0.0909. The maximum Gasteiger partial charge on any atom is 0.131 e. The van der Waals surface area contributed by atoms with Gasteiger partial charge in [-0.3, -0.25) is 9.97 Å². The minimum atomic E-state index is 0. The van der Waals surface area contributed by atoms with Crippen LogP contribution in [0.4, 0.5) is 0 Å². The number of para-hydroxylation sites is 1. The van der Waals surface area contributed by atoms with Crippen LogP contribution in [-0.4, -0.2) is 22.1 Å². The van der Waals surface area contributed by atoms with Crippen molar-refractivity contribution in [3.63, 3.8) is 0 Å². The molecule has 0 saturated carbocycles. The molecular formula is C33H26N3OPt-. The number of benzene rings is 4. The van der Waals surface area contributed by atoms with Crippen molar-refractivity contribution in [2.24, 2.45) is 0 Å². The van der Waals surface area contributed by atoms with Crippen molar-refractivity contribution < 1.29 is 25.8 Å². The van der Waals surface area contributed by atoms with Crippen LogP contribution in [0.25, 0.3) is 33.4 Å². The average Bonchev–Trinajstić information content (AvgIpc) is 3.45.